The van der Waals surface area contributed by atoms with Crippen molar-refractivity contribution in [2.24, 2.45) is 0 Å². The summed E-state index contributed by atoms with van der Waals surface area (Å²) in [6.07, 6.45) is 1.99. The molecule has 2 heteroatoms. The van der Waals surface area contributed by atoms with E-state index in [-0.39, 0.29) is 0 Å². The van der Waals surface area contributed by atoms with Crippen molar-refractivity contribution < 1.29 is 0 Å². The molecule has 0 aliphatic carbocycles. The van der Waals surface area contributed by atoms with Gasteiger partial charge < -0.3 is 5.32 Å². The van der Waals surface area contributed by atoms with Crippen LogP contribution in [0.5, 0.6) is 0 Å². The van der Waals surface area contributed by atoms with Crippen molar-refractivity contribution in [3.05, 3.63) is 71.4 Å². The molecule has 1 nitrogen and oxygen atoms in total. The largest absolute Gasteiger partial charge is 0.361 e. The summed E-state index contributed by atoms with van der Waals surface area (Å²) in [7, 11) is 0. The SMILES string of the molecule is C/C(=C\Nc1cccc(Cl)c1)c1ccccc1. The van der Waals surface area contributed by atoms with Crippen molar-refractivity contribution in [2.75, 3.05) is 5.32 Å². The summed E-state index contributed by atoms with van der Waals surface area (Å²) in [6.45, 7) is 2.08. The topological polar surface area (TPSA) is 12.0 Å². The maximum atomic E-state index is 5.92. The number of halogens is 1. The number of benzene rings is 2. The molecule has 0 saturated heterocycles. The number of hydrogen-bond acceptors (Lipinski definition) is 1. The summed E-state index contributed by atoms with van der Waals surface area (Å²) < 4.78 is 0. The number of anilines is 1. The Morgan fingerprint density at radius 3 is 2.53 bits per heavy atom. The van der Waals surface area contributed by atoms with Crippen LogP contribution in [0.3, 0.4) is 0 Å². The van der Waals surface area contributed by atoms with Gasteiger partial charge in [-0.25, -0.2) is 0 Å². The van der Waals surface area contributed by atoms with Gasteiger partial charge in [0.15, 0.2) is 0 Å². The van der Waals surface area contributed by atoms with E-state index in [9.17, 15) is 0 Å². The Bertz CT molecular complexity index is 517. The maximum Gasteiger partial charge on any atom is 0.0426 e. The molecule has 2 aromatic carbocycles. The average Bonchev–Trinajstić information content (AvgIpc) is 2.37. The molecule has 0 atom stereocenters. The lowest BCUT2D eigenvalue weighted by atomic mass is 10.1. The molecule has 0 saturated carbocycles. The fourth-order valence-electron chi connectivity index (χ4n) is 1.55. The van der Waals surface area contributed by atoms with Gasteiger partial charge in [-0.3, -0.25) is 0 Å². The highest BCUT2D eigenvalue weighted by Crippen LogP contribution is 2.17. The van der Waals surface area contributed by atoms with Gasteiger partial charge in [-0.05, 0) is 36.3 Å². The second-order valence-corrected chi connectivity index (χ2v) is 4.28. The summed E-state index contributed by atoms with van der Waals surface area (Å²) in [5.74, 6) is 0. The molecule has 0 unspecified atom stereocenters. The average molecular weight is 244 g/mol. The minimum absolute atomic E-state index is 0.737. The number of nitrogens with one attached hydrogen (secondary N) is 1. The summed E-state index contributed by atoms with van der Waals surface area (Å²) >= 11 is 5.92. The molecule has 0 aliphatic rings. The summed E-state index contributed by atoms with van der Waals surface area (Å²) in [5, 5.41) is 3.97. The molecule has 0 spiro atoms. The first-order valence-electron chi connectivity index (χ1n) is 5.50. The predicted molar refractivity (Wildman–Crippen MR) is 75.2 cm³/mol. The van der Waals surface area contributed by atoms with Gasteiger partial charge in [0.1, 0.15) is 0 Å². The molecule has 86 valence electrons. The third-order valence-corrected chi connectivity index (χ3v) is 2.74. The van der Waals surface area contributed by atoms with Crippen LogP contribution in [-0.4, -0.2) is 0 Å². The van der Waals surface area contributed by atoms with Crippen LogP contribution < -0.4 is 5.32 Å². The molecule has 0 heterocycles. The van der Waals surface area contributed by atoms with Crippen LogP contribution in [0.4, 0.5) is 5.69 Å². The van der Waals surface area contributed by atoms with Gasteiger partial charge in [0.05, 0.1) is 0 Å². The third kappa shape index (κ3) is 3.36. The highest BCUT2D eigenvalue weighted by atomic mass is 35.5. The highest BCUT2D eigenvalue weighted by Gasteiger charge is 1.94. The smallest absolute Gasteiger partial charge is 0.0426 e. The lowest BCUT2D eigenvalue weighted by molar-refractivity contribution is 1.52. The van der Waals surface area contributed by atoms with Gasteiger partial charge in [0, 0.05) is 16.9 Å². The molecule has 0 fully saturated rings. The quantitative estimate of drug-likeness (QED) is 0.816. The molecule has 0 aliphatic heterocycles. The van der Waals surface area contributed by atoms with Crippen LogP contribution in [0.1, 0.15) is 12.5 Å². The van der Waals surface area contributed by atoms with E-state index in [0.29, 0.717) is 0 Å². The monoisotopic (exact) mass is 243 g/mol. The van der Waals surface area contributed by atoms with Crippen LogP contribution in [-0.2, 0) is 0 Å². The van der Waals surface area contributed by atoms with E-state index in [1.54, 1.807) is 0 Å². The van der Waals surface area contributed by atoms with Crippen LogP contribution in [0.15, 0.2) is 60.8 Å². The summed E-state index contributed by atoms with van der Waals surface area (Å²) in [6, 6.07) is 17.9. The Labute approximate surface area is 107 Å². The maximum absolute atomic E-state index is 5.92. The third-order valence-electron chi connectivity index (χ3n) is 2.51. The molecular weight excluding hydrogens is 230 g/mol. The van der Waals surface area contributed by atoms with E-state index < -0.39 is 0 Å². The van der Waals surface area contributed by atoms with Crippen LogP contribution in [0, 0.1) is 0 Å². The van der Waals surface area contributed by atoms with E-state index >= 15 is 0 Å². The lowest BCUT2D eigenvalue weighted by Gasteiger charge is -2.04. The number of rotatable bonds is 3. The predicted octanol–water partition coefficient (Wildman–Crippen LogP) is 4.81. The molecule has 0 amide bonds. The molecule has 2 rings (SSSR count). The molecular formula is C15H14ClN. The number of allylic oxidation sites excluding steroid dienone is 1. The second kappa shape index (κ2) is 5.55. The van der Waals surface area contributed by atoms with E-state index in [2.05, 4.69) is 24.4 Å². The van der Waals surface area contributed by atoms with Gasteiger partial charge in [-0.1, -0.05) is 48.0 Å². The Hall–Kier alpha value is -1.73. The fraction of sp³-hybridized carbons (Fsp3) is 0.0667. The normalized spacial score (nSPS) is 11.3. The number of hydrogen-bond donors (Lipinski definition) is 1. The summed E-state index contributed by atoms with van der Waals surface area (Å²) in [5.41, 5.74) is 3.39. The van der Waals surface area contributed by atoms with Gasteiger partial charge in [0.2, 0.25) is 0 Å². The zero-order valence-electron chi connectivity index (χ0n) is 9.65. The van der Waals surface area contributed by atoms with Gasteiger partial charge in [0.25, 0.3) is 0 Å². The van der Waals surface area contributed by atoms with Crippen LogP contribution in [0.25, 0.3) is 5.57 Å². The Balaban J connectivity index is 2.11. The van der Waals surface area contributed by atoms with Crippen molar-refractivity contribution in [3.8, 4) is 0 Å². The first kappa shape index (κ1) is 11.7. The molecule has 0 bridgehead atoms. The molecule has 17 heavy (non-hydrogen) atoms. The highest BCUT2D eigenvalue weighted by molar-refractivity contribution is 6.30. The summed E-state index contributed by atoms with van der Waals surface area (Å²) in [4.78, 5) is 0. The zero-order valence-corrected chi connectivity index (χ0v) is 10.4. The lowest BCUT2D eigenvalue weighted by Crippen LogP contribution is -1.89. The van der Waals surface area contributed by atoms with Crippen molar-refractivity contribution in [1.82, 2.24) is 0 Å². The molecule has 1 N–H and O–H groups in total. The minimum Gasteiger partial charge on any atom is -0.361 e. The Morgan fingerprint density at radius 2 is 1.82 bits per heavy atom. The Morgan fingerprint density at radius 1 is 1.06 bits per heavy atom. The van der Waals surface area contributed by atoms with Crippen LogP contribution >= 0.6 is 11.6 Å². The minimum atomic E-state index is 0.737. The van der Waals surface area contributed by atoms with Gasteiger partial charge in [-0.15, -0.1) is 0 Å². The van der Waals surface area contributed by atoms with E-state index in [1.165, 1.54) is 11.1 Å². The molecule has 2 aromatic rings. The van der Waals surface area contributed by atoms with E-state index in [4.69, 9.17) is 11.6 Å². The van der Waals surface area contributed by atoms with E-state index in [1.807, 2.05) is 48.7 Å². The Kier molecular flexibility index (Phi) is 3.84. The van der Waals surface area contributed by atoms with Gasteiger partial charge >= 0.3 is 0 Å². The fourth-order valence-corrected chi connectivity index (χ4v) is 1.74. The first-order chi connectivity index (χ1) is 8.25. The molecule has 0 radical (unpaired) electrons. The van der Waals surface area contributed by atoms with Crippen molar-refractivity contribution >= 4 is 22.9 Å². The zero-order chi connectivity index (χ0) is 12.1. The van der Waals surface area contributed by atoms with Gasteiger partial charge in [-0.2, -0.15) is 0 Å². The van der Waals surface area contributed by atoms with Crippen molar-refractivity contribution in [2.45, 2.75) is 6.92 Å². The standard InChI is InChI=1S/C15H14ClN/c1-12(13-6-3-2-4-7-13)11-17-15-9-5-8-14(16)10-15/h2-11,17H,1H3/b12-11+. The van der Waals surface area contributed by atoms with Crippen molar-refractivity contribution in [1.29, 1.82) is 0 Å². The van der Waals surface area contributed by atoms with E-state index in [0.717, 1.165) is 10.7 Å². The molecule has 0 aromatic heterocycles. The van der Waals surface area contributed by atoms with Crippen LogP contribution in [0.2, 0.25) is 5.02 Å². The first-order valence-corrected chi connectivity index (χ1v) is 5.88. The van der Waals surface area contributed by atoms with Crippen molar-refractivity contribution in [3.63, 3.8) is 0 Å². The second-order valence-electron chi connectivity index (χ2n) is 3.85.